The van der Waals surface area contributed by atoms with E-state index in [1.807, 2.05) is 52.7 Å². The summed E-state index contributed by atoms with van der Waals surface area (Å²) < 4.78 is 7.96. The molecule has 3 rings (SSSR count). The quantitative estimate of drug-likeness (QED) is 0.478. The van der Waals surface area contributed by atoms with Crippen molar-refractivity contribution in [3.8, 4) is 0 Å². The summed E-state index contributed by atoms with van der Waals surface area (Å²) in [6.07, 6.45) is 3.82. The molecule has 1 aromatic carbocycles. The van der Waals surface area contributed by atoms with Gasteiger partial charge in [0.15, 0.2) is 12.4 Å². The van der Waals surface area contributed by atoms with Gasteiger partial charge in [-0.25, -0.2) is 4.79 Å². The zero-order valence-corrected chi connectivity index (χ0v) is 14.9. The molecule has 0 radical (unpaired) electrons. The van der Waals surface area contributed by atoms with Crippen LogP contribution in [-0.2, 0) is 9.53 Å². The van der Waals surface area contributed by atoms with E-state index in [0.717, 1.165) is 10.9 Å². The molecule has 0 saturated heterocycles. The van der Waals surface area contributed by atoms with Crippen LogP contribution in [0.4, 0.5) is 0 Å². The molecule has 0 amide bonds. The smallest absolute Gasteiger partial charge is 0.380 e. The fourth-order valence-electron chi connectivity index (χ4n) is 2.31. The van der Waals surface area contributed by atoms with Crippen LogP contribution in [-0.4, -0.2) is 13.1 Å². The number of halogens is 2. The first kappa shape index (κ1) is 16.9. The van der Waals surface area contributed by atoms with Crippen molar-refractivity contribution in [2.24, 2.45) is 0 Å². The number of methoxy groups -OCH3 is 1. The zero-order chi connectivity index (χ0) is 14.8. The van der Waals surface area contributed by atoms with E-state index in [1.54, 1.807) is 17.4 Å². The average molecular weight is 399 g/mol. The van der Waals surface area contributed by atoms with Gasteiger partial charge < -0.3 is 21.7 Å². The zero-order valence-electron chi connectivity index (χ0n) is 11.7. The number of hydrogen-bond acceptors (Lipinski definition) is 3. The van der Waals surface area contributed by atoms with Gasteiger partial charge in [0.05, 0.1) is 23.1 Å². The van der Waals surface area contributed by atoms with Crippen molar-refractivity contribution in [2.45, 2.75) is 6.04 Å². The van der Waals surface area contributed by atoms with Crippen LogP contribution in [0, 0.1) is 0 Å². The molecule has 1 atom stereocenters. The second-order valence-corrected chi connectivity index (χ2v) is 5.93. The summed E-state index contributed by atoms with van der Waals surface area (Å²) in [6.45, 7) is 0. The Labute approximate surface area is 147 Å². The molecule has 0 aliphatic rings. The summed E-state index contributed by atoms with van der Waals surface area (Å²) in [5.41, 5.74) is 0.727. The van der Waals surface area contributed by atoms with Gasteiger partial charge in [-0.15, -0.1) is 11.3 Å². The summed E-state index contributed by atoms with van der Waals surface area (Å²) >= 11 is 7.91. The molecule has 0 saturated carbocycles. The highest BCUT2D eigenvalue weighted by atomic mass is 79.9. The molecule has 0 aliphatic carbocycles. The van der Waals surface area contributed by atoms with Gasteiger partial charge in [0.2, 0.25) is 0 Å². The third-order valence-electron chi connectivity index (χ3n) is 3.34. The summed E-state index contributed by atoms with van der Waals surface area (Å²) in [7, 11) is 1.38. The topological polar surface area (TPSA) is 30.2 Å². The SMILES string of the molecule is COC(=O)C(c1ccccc1Cl)[n+]1ccc2sccc2c1.[Br-]. The molecule has 114 valence electrons. The van der Waals surface area contributed by atoms with Gasteiger partial charge in [0.1, 0.15) is 0 Å². The molecule has 2 aromatic heterocycles. The number of aromatic nitrogens is 1. The molecule has 3 aromatic rings. The maximum Gasteiger partial charge on any atom is 0.380 e. The maximum atomic E-state index is 12.2. The van der Waals surface area contributed by atoms with E-state index in [-0.39, 0.29) is 23.0 Å². The molecule has 2 heterocycles. The molecular formula is C16H13BrClNO2S. The Bertz CT molecular complexity index is 805. The van der Waals surface area contributed by atoms with Crippen molar-refractivity contribution >= 4 is 39.0 Å². The van der Waals surface area contributed by atoms with Gasteiger partial charge in [0, 0.05) is 10.8 Å². The van der Waals surface area contributed by atoms with Gasteiger partial charge in [-0.3, -0.25) is 0 Å². The van der Waals surface area contributed by atoms with Crippen LogP contribution in [0.2, 0.25) is 5.02 Å². The first-order valence-electron chi connectivity index (χ1n) is 6.41. The fraction of sp³-hybridized carbons (Fsp3) is 0.125. The highest BCUT2D eigenvalue weighted by Gasteiger charge is 2.32. The number of rotatable bonds is 3. The number of benzene rings is 1. The number of thiophene rings is 1. The van der Waals surface area contributed by atoms with Crippen molar-refractivity contribution in [2.75, 3.05) is 7.11 Å². The van der Waals surface area contributed by atoms with Crippen LogP contribution in [0.15, 0.2) is 54.2 Å². The van der Waals surface area contributed by atoms with Crippen LogP contribution in [0.5, 0.6) is 0 Å². The monoisotopic (exact) mass is 397 g/mol. The van der Waals surface area contributed by atoms with E-state index in [9.17, 15) is 4.79 Å². The highest BCUT2D eigenvalue weighted by Crippen LogP contribution is 2.25. The maximum absolute atomic E-state index is 12.2. The van der Waals surface area contributed by atoms with Gasteiger partial charge in [-0.05, 0) is 17.5 Å². The number of pyridine rings is 1. The van der Waals surface area contributed by atoms with Crippen LogP contribution >= 0.6 is 22.9 Å². The lowest BCUT2D eigenvalue weighted by atomic mass is 10.1. The van der Waals surface area contributed by atoms with Gasteiger partial charge in [-0.2, -0.15) is 4.57 Å². The van der Waals surface area contributed by atoms with E-state index < -0.39 is 6.04 Å². The first-order valence-corrected chi connectivity index (χ1v) is 7.66. The third-order valence-corrected chi connectivity index (χ3v) is 4.58. The predicted octanol–water partition coefficient (Wildman–Crippen LogP) is 0.609. The van der Waals surface area contributed by atoms with Crippen molar-refractivity contribution in [1.29, 1.82) is 0 Å². The average Bonchev–Trinajstić information content (AvgIpc) is 2.97. The molecule has 0 spiro atoms. The summed E-state index contributed by atoms with van der Waals surface area (Å²) in [4.78, 5) is 12.2. The van der Waals surface area contributed by atoms with E-state index >= 15 is 0 Å². The van der Waals surface area contributed by atoms with E-state index in [1.165, 1.54) is 11.8 Å². The van der Waals surface area contributed by atoms with Crippen LogP contribution in [0.25, 0.3) is 10.1 Å². The Balaban J connectivity index is 0.00000176. The van der Waals surface area contributed by atoms with Crippen molar-refractivity contribution < 1.29 is 31.1 Å². The molecule has 0 bridgehead atoms. The van der Waals surface area contributed by atoms with E-state index in [2.05, 4.69) is 0 Å². The Morgan fingerprint density at radius 1 is 1.27 bits per heavy atom. The molecule has 3 nitrogen and oxygen atoms in total. The molecule has 6 heteroatoms. The van der Waals surface area contributed by atoms with E-state index in [0.29, 0.717) is 5.02 Å². The van der Waals surface area contributed by atoms with Crippen LogP contribution in [0.1, 0.15) is 11.6 Å². The van der Waals surface area contributed by atoms with Crippen molar-refractivity contribution in [3.63, 3.8) is 0 Å². The molecule has 22 heavy (non-hydrogen) atoms. The number of nitrogens with zero attached hydrogens (tertiary/aromatic N) is 1. The number of ether oxygens (including phenoxy) is 1. The lowest BCUT2D eigenvalue weighted by Gasteiger charge is -2.12. The first-order chi connectivity index (χ1) is 10.2. The second-order valence-electron chi connectivity index (χ2n) is 4.58. The number of fused-ring (bicyclic) bond motifs is 1. The van der Waals surface area contributed by atoms with Crippen LogP contribution < -0.4 is 21.5 Å². The molecule has 1 unspecified atom stereocenters. The lowest BCUT2D eigenvalue weighted by molar-refractivity contribution is -0.700. The molecule has 0 fully saturated rings. The van der Waals surface area contributed by atoms with Gasteiger partial charge in [-0.1, -0.05) is 29.8 Å². The minimum Gasteiger partial charge on any atom is -1.00 e. The summed E-state index contributed by atoms with van der Waals surface area (Å²) in [5.74, 6) is -0.345. The lowest BCUT2D eigenvalue weighted by Crippen LogP contribution is -3.00. The molecular weight excluding hydrogens is 386 g/mol. The fourth-order valence-corrected chi connectivity index (χ4v) is 3.31. The number of carbonyl (C=O) groups is 1. The number of hydrogen-bond donors (Lipinski definition) is 0. The number of carbonyl (C=O) groups excluding carboxylic acids is 1. The number of esters is 1. The Hall–Kier alpha value is -1.43. The second kappa shape index (κ2) is 7.22. The molecule has 0 aliphatic heterocycles. The molecule has 0 N–H and O–H groups in total. The summed E-state index contributed by atoms with van der Waals surface area (Å²) in [5, 5.41) is 3.66. The van der Waals surface area contributed by atoms with Crippen molar-refractivity contribution in [3.05, 3.63) is 64.8 Å². The van der Waals surface area contributed by atoms with Crippen molar-refractivity contribution in [1.82, 2.24) is 0 Å². The minimum absolute atomic E-state index is 0. The minimum atomic E-state index is -0.590. The Morgan fingerprint density at radius 3 is 2.77 bits per heavy atom. The third kappa shape index (κ3) is 3.16. The Morgan fingerprint density at radius 2 is 2.05 bits per heavy atom. The standard InChI is InChI=1S/C16H13ClNO2S.BrH/c1-20-16(19)15(12-4-2-3-5-13(12)17)18-8-6-14-11(10-18)7-9-21-14;/h2-10,15H,1H3;1H/q+1;/p-1. The summed E-state index contributed by atoms with van der Waals surface area (Å²) in [6, 6.07) is 10.7. The van der Waals surface area contributed by atoms with Gasteiger partial charge in [0.25, 0.3) is 6.04 Å². The Kier molecular flexibility index (Phi) is 5.56. The van der Waals surface area contributed by atoms with E-state index in [4.69, 9.17) is 16.3 Å². The normalized spacial score (nSPS) is 11.7. The highest BCUT2D eigenvalue weighted by molar-refractivity contribution is 7.17. The predicted molar refractivity (Wildman–Crippen MR) is 83.6 cm³/mol. The van der Waals surface area contributed by atoms with Crippen LogP contribution in [0.3, 0.4) is 0 Å². The van der Waals surface area contributed by atoms with Gasteiger partial charge >= 0.3 is 5.97 Å². The largest absolute Gasteiger partial charge is 1.00 e.